The summed E-state index contributed by atoms with van der Waals surface area (Å²) in [6, 6.07) is 7.94. The number of urea groups is 1. The van der Waals surface area contributed by atoms with Crippen molar-refractivity contribution in [1.82, 2.24) is 20.4 Å². The number of aryl methyl sites for hydroxylation is 1. The van der Waals surface area contributed by atoms with Crippen molar-refractivity contribution in [2.75, 3.05) is 5.32 Å². The smallest absolute Gasteiger partial charge is 0.320 e. The van der Waals surface area contributed by atoms with Crippen LogP contribution in [0.15, 0.2) is 53.3 Å². The quantitative estimate of drug-likeness (QED) is 0.768. The zero-order valence-corrected chi connectivity index (χ0v) is 12.7. The second-order valence-electron chi connectivity index (χ2n) is 4.96. The van der Waals surface area contributed by atoms with Gasteiger partial charge in [0, 0.05) is 30.6 Å². The Kier molecular flexibility index (Phi) is 4.46. The zero-order valence-electron chi connectivity index (χ0n) is 12.7. The molecule has 2 heterocycles. The third kappa shape index (κ3) is 3.54. The van der Waals surface area contributed by atoms with Crippen molar-refractivity contribution in [2.45, 2.75) is 13.0 Å². The van der Waals surface area contributed by atoms with Crippen LogP contribution in [-0.4, -0.2) is 21.2 Å². The molecular weight excluding hydrogens is 313 g/mol. The van der Waals surface area contributed by atoms with E-state index in [-0.39, 0.29) is 11.4 Å². The van der Waals surface area contributed by atoms with E-state index in [0.29, 0.717) is 11.6 Å². The lowest BCUT2D eigenvalue weighted by Gasteiger charge is -2.17. The summed E-state index contributed by atoms with van der Waals surface area (Å²) >= 11 is 0. The van der Waals surface area contributed by atoms with Crippen LogP contribution in [0.1, 0.15) is 23.3 Å². The highest BCUT2D eigenvalue weighted by molar-refractivity contribution is 5.89. The Hall–Kier alpha value is -3.29. The molecule has 2 N–H and O–H groups in total. The highest BCUT2D eigenvalue weighted by Gasteiger charge is 2.24. The van der Waals surface area contributed by atoms with Crippen LogP contribution in [0, 0.1) is 12.7 Å². The number of carbonyl (C=O) groups is 1. The minimum Gasteiger partial charge on any atom is -0.340 e. The van der Waals surface area contributed by atoms with E-state index in [0.717, 1.165) is 0 Å². The molecule has 0 aliphatic rings. The van der Waals surface area contributed by atoms with Crippen LogP contribution < -0.4 is 10.6 Å². The van der Waals surface area contributed by atoms with E-state index in [4.69, 9.17) is 4.52 Å². The Morgan fingerprint density at radius 3 is 2.62 bits per heavy atom. The van der Waals surface area contributed by atoms with Crippen molar-refractivity contribution in [1.29, 1.82) is 0 Å². The molecule has 2 aromatic heterocycles. The average molecular weight is 327 g/mol. The third-order valence-electron chi connectivity index (χ3n) is 3.23. The maximum absolute atomic E-state index is 14.1. The van der Waals surface area contributed by atoms with Gasteiger partial charge in [-0.2, -0.15) is 4.98 Å². The van der Waals surface area contributed by atoms with Gasteiger partial charge in [0.1, 0.15) is 11.9 Å². The van der Waals surface area contributed by atoms with Crippen LogP contribution in [0.4, 0.5) is 14.9 Å². The summed E-state index contributed by atoms with van der Waals surface area (Å²) < 4.78 is 19.1. The monoisotopic (exact) mass is 327 g/mol. The van der Waals surface area contributed by atoms with E-state index in [1.54, 1.807) is 49.6 Å². The minimum atomic E-state index is -0.884. The van der Waals surface area contributed by atoms with Crippen molar-refractivity contribution < 1.29 is 13.7 Å². The molecule has 0 aliphatic carbocycles. The lowest BCUT2D eigenvalue weighted by atomic mass is 10.1. The molecule has 0 spiro atoms. The highest BCUT2D eigenvalue weighted by Crippen LogP contribution is 2.22. The van der Waals surface area contributed by atoms with Gasteiger partial charge in [0.15, 0.2) is 5.82 Å². The number of pyridine rings is 1. The van der Waals surface area contributed by atoms with Gasteiger partial charge in [0.2, 0.25) is 5.89 Å². The second-order valence-corrected chi connectivity index (χ2v) is 4.96. The molecule has 0 saturated carbocycles. The summed E-state index contributed by atoms with van der Waals surface area (Å²) in [5, 5.41) is 9.08. The van der Waals surface area contributed by atoms with Gasteiger partial charge < -0.3 is 15.2 Å². The molecule has 0 aliphatic heterocycles. The molecule has 7 nitrogen and oxygen atoms in total. The predicted octanol–water partition coefficient (Wildman–Crippen LogP) is 2.82. The molecule has 24 heavy (non-hydrogen) atoms. The Labute approximate surface area is 136 Å². The molecule has 2 amide bonds. The molecular formula is C16H14FN5O2. The number of benzene rings is 1. The highest BCUT2D eigenvalue weighted by atomic mass is 19.1. The van der Waals surface area contributed by atoms with Crippen molar-refractivity contribution in [3.8, 4) is 0 Å². The van der Waals surface area contributed by atoms with Gasteiger partial charge in [-0.25, -0.2) is 9.18 Å². The first-order valence-electron chi connectivity index (χ1n) is 7.15. The zero-order chi connectivity index (χ0) is 16.9. The fraction of sp³-hybridized carbons (Fsp3) is 0.125. The van der Waals surface area contributed by atoms with Crippen LogP contribution >= 0.6 is 0 Å². The topological polar surface area (TPSA) is 92.9 Å². The van der Waals surface area contributed by atoms with Gasteiger partial charge in [0.05, 0.1) is 0 Å². The van der Waals surface area contributed by atoms with Crippen molar-refractivity contribution in [2.24, 2.45) is 0 Å². The molecule has 3 rings (SSSR count). The van der Waals surface area contributed by atoms with E-state index >= 15 is 0 Å². The van der Waals surface area contributed by atoms with E-state index in [2.05, 4.69) is 25.8 Å². The van der Waals surface area contributed by atoms with E-state index in [1.807, 2.05) is 0 Å². The van der Waals surface area contributed by atoms with Crippen LogP contribution in [0.3, 0.4) is 0 Å². The first-order chi connectivity index (χ1) is 11.6. The molecule has 1 atom stereocenters. The second kappa shape index (κ2) is 6.86. The summed E-state index contributed by atoms with van der Waals surface area (Å²) in [4.78, 5) is 20.2. The predicted molar refractivity (Wildman–Crippen MR) is 83.7 cm³/mol. The lowest BCUT2D eigenvalue weighted by Crippen LogP contribution is -2.34. The van der Waals surface area contributed by atoms with Crippen LogP contribution in [-0.2, 0) is 0 Å². The van der Waals surface area contributed by atoms with Crippen molar-refractivity contribution in [3.05, 3.63) is 71.9 Å². The molecule has 0 bridgehead atoms. The number of amides is 2. The molecule has 0 radical (unpaired) electrons. The van der Waals surface area contributed by atoms with Gasteiger partial charge in [0.25, 0.3) is 0 Å². The number of carbonyl (C=O) groups excluding carboxylic acids is 1. The minimum absolute atomic E-state index is 0.169. The lowest BCUT2D eigenvalue weighted by molar-refractivity contribution is 0.249. The summed E-state index contributed by atoms with van der Waals surface area (Å²) in [6.07, 6.45) is 3.10. The number of aromatic nitrogens is 3. The maximum Gasteiger partial charge on any atom is 0.320 e. The Morgan fingerprint density at radius 2 is 1.96 bits per heavy atom. The largest absolute Gasteiger partial charge is 0.340 e. The van der Waals surface area contributed by atoms with Crippen molar-refractivity contribution in [3.63, 3.8) is 0 Å². The molecule has 0 fully saturated rings. The Morgan fingerprint density at radius 1 is 1.21 bits per heavy atom. The number of nitrogens with zero attached hydrogens (tertiary/aromatic N) is 3. The van der Waals surface area contributed by atoms with Crippen molar-refractivity contribution >= 4 is 11.7 Å². The van der Waals surface area contributed by atoms with Crippen LogP contribution in [0.5, 0.6) is 0 Å². The summed E-state index contributed by atoms with van der Waals surface area (Å²) in [6.45, 7) is 1.62. The molecule has 0 unspecified atom stereocenters. The summed E-state index contributed by atoms with van der Waals surface area (Å²) in [5.74, 6) is 0.0133. The number of hydrogen-bond donors (Lipinski definition) is 2. The fourth-order valence-corrected chi connectivity index (χ4v) is 2.16. The average Bonchev–Trinajstić information content (AvgIpc) is 3.01. The molecule has 122 valence electrons. The molecule has 3 aromatic rings. The van der Waals surface area contributed by atoms with Gasteiger partial charge >= 0.3 is 6.03 Å². The van der Waals surface area contributed by atoms with Gasteiger partial charge in [-0.05, 0) is 18.2 Å². The number of hydrogen-bond acceptors (Lipinski definition) is 5. The normalized spacial score (nSPS) is 11.8. The van der Waals surface area contributed by atoms with Crippen LogP contribution in [0.2, 0.25) is 0 Å². The summed E-state index contributed by atoms with van der Waals surface area (Å²) in [7, 11) is 0. The van der Waals surface area contributed by atoms with E-state index in [9.17, 15) is 9.18 Å². The van der Waals surface area contributed by atoms with Gasteiger partial charge in [-0.15, -0.1) is 0 Å². The number of nitrogens with one attached hydrogen (secondary N) is 2. The number of rotatable bonds is 4. The first-order valence-corrected chi connectivity index (χ1v) is 7.15. The van der Waals surface area contributed by atoms with Crippen LogP contribution in [0.25, 0.3) is 0 Å². The number of halogens is 1. The number of anilines is 1. The first kappa shape index (κ1) is 15.6. The standard InChI is InChI=1S/C16H14FN5O2/c1-10-19-15(22-24-10)14(12-4-2-3-5-13(12)17)21-16(23)20-11-6-8-18-9-7-11/h2-9,14H,1H3,(H2,18,20,21,23)/t14-/m1/s1. The van der Waals surface area contributed by atoms with E-state index < -0.39 is 17.9 Å². The molecule has 8 heteroatoms. The fourth-order valence-electron chi connectivity index (χ4n) is 2.16. The summed E-state index contributed by atoms with van der Waals surface area (Å²) in [5.41, 5.74) is 0.794. The third-order valence-corrected chi connectivity index (χ3v) is 3.23. The molecule has 1 aromatic carbocycles. The van der Waals surface area contributed by atoms with Gasteiger partial charge in [-0.3, -0.25) is 4.98 Å². The van der Waals surface area contributed by atoms with E-state index in [1.165, 1.54) is 6.07 Å². The molecule has 0 saturated heterocycles. The van der Waals surface area contributed by atoms with Gasteiger partial charge in [-0.1, -0.05) is 23.4 Å². The maximum atomic E-state index is 14.1. The SMILES string of the molecule is Cc1nc([C@H](NC(=O)Nc2ccncc2)c2ccccc2F)no1. The Balaban J connectivity index is 1.85. The Bertz CT molecular complexity index is 837.